The van der Waals surface area contributed by atoms with Crippen molar-refractivity contribution in [1.29, 1.82) is 0 Å². The van der Waals surface area contributed by atoms with Crippen molar-refractivity contribution in [2.45, 2.75) is 19.1 Å². The van der Waals surface area contributed by atoms with Gasteiger partial charge in [0.05, 0.1) is 0 Å². The predicted molar refractivity (Wildman–Crippen MR) is 127 cm³/mol. The average Bonchev–Trinajstić information content (AvgIpc) is 2.82. The van der Waals surface area contributed by atoms with Gasteiger partial charge in [-0.2, -0.15) is 0 Å². The summed E-state index contributed by atoms with van der Waals surface area (Å²) in [7, 11) is 0. The van der Waals surface area contributed by atoms with Crippen LogP contribution in [0, 0.1) is 0 Å². The molecule has 0 bridgehead atoms. The van der Waals surface area contributed by atoms with Crippen LogP contribution >= 0.6 is 15.9 Å². The zero-order chi connectivity index (χ0) is 23.8. The lowest BCUT2D eigenvalue weighted by molar-refractivity contribution is -0.124. The molecule has 3 rings (SSSR count). The van der Waals surface area contributed by atoms with Crippen molar-refractivity contribution < 1.29 is 29.4 Å². The van der Waals surface area contributed by atoms with Crippen molar-refractivity contribution in [1.82, 2.24) is 5.48 Å². The summed E-state index contributed by atoms with van der Waals surface area (Å²) < 4.78 is 12.4. The third-order valence-electron chi connectivity index (χ3n) is 4.77. The summed E-state index contributed by atoms with van der Waals surface area (Å²) in [6.45, 7) is 2.03. The molecule has 0 saturated heterocycles. The van der Waals surface area contributed by atoms with Gasteiger partial charge in [-0.1, -0.05) is 46.3 Å². The molecule has 3 aromatic rings. The lowest BCUT2D eigenvalue weighted by atomic mass is 9.96. The number of phenols is 1. The minimum Gasteiger partial charge on any atom is -0.507 e. The van der Waals surface area contributed by atoms with E-state index in [0.29, 0.717) is 22.0 Å². The van der Waals surface area contributed by atoms with Crippen LogP contribution in [0.5, 0.6) is 5.75 Å². The molecule has 172 valence electrons. The maximum Gasteiger partial charge on any atom is 0.412 e. The summed E-state index contributed by atoms with van der Waals surface area (Å²) in [4.78, 5) is 24.4. The Labute approximate surface area is 198 Å². The number of hydrogen-bond donors (Lipinski definition) is 4. The number of phenolic OH excluding ortho intramolecular Hbond substituents is 1. The first-order valence-corrected chi connectivity index (χ1v) is 10.9. The molecule has 2 amide bonds. The molecule has 4 N–H and O–H groups in total. The van der Waals surface area contributed by atoms with Gasteiger partial charge in [0.15, 0.2) is 6.10 Å². The molecular weight excluding hydrogens is 492 g/mol. The van der Waals surface area contributed by atoms with Crippen LogP contribution in [0.3, 0.4) is 0 Å². The lowest BCUT2D eigenvalue weighted by Crippen LogP contribution is -2.28. The summed E-state index contributed by atoms with van der Waals surface area (Å²) in [6.07, 6.45) is -0.0889. The topological polar surface area (TPSA) is 117 Å². The number of nitrogens with one attached hydrogen (secondary N) is 2. The van der Waals surface area contributed by atoms with E-state index in [1.54, 1.807) is 61.5 Å². The molecule has 2 atom stereocenters. The SMILES string of the molecule is CCO[C@@H](/C=C/C(=O)NO)[C@@H](OC(=O)Nc1ccc(Br)cc1)c1ccc(O)c2ccccc12. The molecule has 0 aliphatic carbocycles. The van der Waals surface area contributed by atoms with Gasteiger partial charge in [0.2, 0.25) is 0 Å². The second kappa shape index (κ2) is 11.5. The van der Waals surface area contributed by atoms with Crippen LogP contribution in [0.2, 0.25) is 0 Å². The molecule has 3 aromatic carbocycles. The minimum absolute atomic E-state index is 0.0792. The fourth-order valence-electron chi connectivity index (χ4n) is 3.31. The zero-order valence-electron chi connectivity index (χ0n) is 17.7. The Hall–Kier alpha value is -3.40. The van der Waals surface area contributed by atoms with Gasteiger partial charge in [-0.25, -0.2) is 10.3 Å². The molecule has 0 aliphatic rings. The van der Waals surface area contributed by atoms with E-state index in [-0.39, 0.29) is 12.4 Å². The van der Waals surface area contributed by atoms with E-state index in [1.807, 2.05) is 0 Å². The highest BCUT2D eigenvalue weighted by molar-refractivity contribution is 9.10. The van der Waals surface area contributed by atoms with Gasteiger partial charge in [-0.3, -0.25) is 15.3 Å². The molecule has 0 radical (unpaired) electrons. The van der Waals surface area contributed by atoms with Gasteiger partial charge in [0, 0.05) is 33.8 Å². The molecule has 33 heavy (non-hydrogen) atoms. The molecule has 0 aliphatic heterocycles. The number of aromatic hydroxyl groups is 1. The van der Waals surface area contributed by atoms with Crippen LogP contribution in [0.1, 0.15) is 18.6 Å². The number of hydroxylamine groups is 1. The molecule has 0 fully saturated rings. The summed E-state index contributed by atoms with van der Waals surface area (Å²) in [5, 5.41) is 23.0. The third-order valence-corrected chi connectivity index (χ3v) is 5.30. The van der Waals surface area contributed by atoms with Gasteiger partial charge >= 0.3 is 6.09 Å². The summed E-state index contributed by atoms with van der Waals surface area (Å²) in [5.41, 5.74) is 2.62. The number of carbonyl (C=O) groups excluding carboxylic acids is 2. The van der Waals surface area contributed by atoms with E-state index < -0.39 is 24.2 Å². The van der Waals surface area contributed by atoms with Crippen LogP contribution in [-0.4, -0.2) is 35.0 Å². The minimum atomic E-state index is -0.978. The molecule has 9 heteroatoms. The van der Waals surface area contributed by atoms with Crippen molar-refractivity contribution in [2.75, 3.05) is 11.9 Å². The second-order valence-electron chi connectivity index (χ2n) is 6.93. The Balaban J connectivity index is 2.01. The quantitative estimate of drug-likeness (QED) is 0.189. The normalized spacial score (nSPS) is 12.9. The van der Waals surface area contributed by atoms with E-state index >= 15 is 0 Å². The largest absolute Gasteiger partial charge is 0.507 e. The van der Waals surface area contributed by atoms with Crippen molar-refractivity contribution >= 4 is 44.4 Å². The van der Waals surface area contributed by atoms with E-state index in [4.69, 9.17) is 14.7 Å². The van der Waals surface area contributed by atoms with Crippen molar-refractivity contribution in [3.05, 3.63) is 82.9 Å². The van der Waals surface area contributed by atoms with E-state index in [1.165, 1.54) is 17.6 Å². The number of halogens is 1. The molecule has 0 unspecified atom stereocenters. The number of carbonyl (C=O) groups is 2. The van der Waals surface area contributed by atoms with Gasteiger partial charge in [0.25, 0.3) is 5.91 Å². The standard InChI is InChI=1S/C24H23BrN2O6/c1-2-32-21(13-14-22(29)27-31)23(33-24(30)26-16-9-7-15(25)8-10-16)19-11-12-20(28)18-6-4-3-5-17(18)19/h3-14,21,23,28,31H,2H2,1H3,(H,26,30)(H,27,29)/b14-13+/t21-,23-/m0/s1. The highest BCUT2D eigenvalue weighted by Crippen LogP contribution is 2.35. The number of amides is 2. The van der Waals surface area contributed by atoms with Crippen molar-refractivity contribution in [3.8, 4) is 5.75 Å². The number of benzene rings is 3. The summed E-state index contributed by atoms with van der Waals surface area (Å²) >= 11 is 3.34. The first-order chi connectivity index (χ1) is 15.9. The highest BCUT2D eigenvalue weighted by atomic mass is 79.9. The van der Waals surface area contributed by atoms with Crippen molar-refractivity contribution in [2.24, 2.45) is 0 Å². The van der Waals surface area contributed by atoms with Crippen LogP contribution in [0.4, 0.5) is 10.5 Å². The summed E-state index contributed by atoms with van der Waals surface area (Å²) in [6, 6.07) is 17.2. The van der Waals surface area contributed by atoms with Gasteiger partial charge in [0.1, 0.15) is 11.9 Å². The molecule has 8 nitrogen and oxygen atoms in total. The van der Waals surface area contributed by atoms with E-state index in [9.17, 15) is 14.7 Å². The number of fused-ring (bicyclic) bond motifs is 1. The van der Waals surface area contributed by atoms with Crippen molar-refractivity contribution in [3.63, 3.8) is 0 Å². The molecule has 0 saturated carbocycles. The Kier molecular flexibility index (Phi) is 8.42. The molecule has 0 heterocycles. The number of hydrogen-bond acceptors (Lipinski definition) is 6. The zero-order valence-corrected chi connectivity index (χ0v) is 19.3. The molecule has 0 spiro atoms. The smallest absolute Gasteiger partial charge is 0.412 e. The van der Waals surface area contributed by atoms with E-state index in [2.05, 4.69) is 21.2 Å². The Morgan fingerprint density at radius 1 is 1.06 bits per heavy atom. The Morgan fingerprint density at radius 2 is 1.76 bits per heavy atom. The van der Waals surface area contributed by atoms with Gasteiger partial charge < -0.3 is 14.6 Å². The number of ether oxygens (including phenoxy) is 2. The molecular formula is C24H23BrN2O6. The van der Waals surface area contributed by atoms with Crippen LogP contribution in [-0.2, 0) is 14.3 Å². The maximum atomic E-state index is 12.8. The number of anilines is 1. The monoisotopic (exact) mass is 514 g/mol. The maximum absolute atomic E-state index is 12.8. The average molecular weight is 515 g/mol. The van der Waals surface area contributed by atoms with E-state index in [0.717, 1.165) is 10.5 Å². The number of rotatable bonds is 8. The Morgan fingerprint density at radius 3 is 2.42 bits per heavy atom. The first-order valence-electron chi connectivity index (χ1n) is 10.1. The summed E-state index contributed by atoms with van der Waals surface area (Å²) in [5.74, 6) is -0.677. The second-order valence-corrected chi connectivity index (χ2v) is 7.85. The van der Waals surface area contributed by atoms with Crippen LogP contribution in [0.15, 0.2) is 77.3 Å². The fourth-order valence-corrected chi connectivity index (χ4v) is 3.58. The highest BCUT2D eigenvalue weighted by Gasteiger charge is 2.28. The first kappa shape index (κ1) is 24.2. The Bertz CT molecular complexity index is 1150. The third kappa shape index (κ3) is 6.32. The van der Waals surface area contributed by atoms with Gasteiger partial charge in [-0.05, 0) is 48.7 Å². The van der Waals surface area contributed by atoms with Crippen LogP contribution < -0.4 is 10.8 Å². The molecule has 0 aromatic heterocycles. The van der Waals surface area contributed by atoms with Gasteiger partial charge in [-0.15, -0.1) is 0 Å². The predicted octanol–water partition coefficient (Wildman–Crippen LogP) is 5.06. The fraction of sp³-hybridized carbons (Fsp3) is 0.167. The lowest BCUT2D eigenvalue weighted by Gasteiger charge is -2.26. The van der Waals surface area contributed by atoms with Crippen LogP contribution in [0.25, 0.3) is 10.8 Å².